The van der Waals surface area contributed by atoms with Crippen molar-refractivity contribution in [3.63, 3.8) is 0 Å². The fourth-order valence-corrected chi connectivity index (χ4v) is 2.96. The van der Waals surface area contributed by atoms with E-state index in [0.29, 0.717) is 17.8 Å². The van der Waals surface area contributed by atoms with Crippen molar-refractivity contribution < 1.29 is 9.90 Å². The average molecular weight is 366 g/mol. The molecule has 0 fully saturated rings. The molecule has 0 spiro atoms. The molecular formula is C21H26N4O2. The predicted octanol–water partition coefficient (Wildman–Crippen LogP) is 3.31. The lowest BCUT2D eigenvalue weighted by molar-refractivity contribution is 0.0714. The summed E-state index contributed by atoms with van der Waals surface area (Å²) in [6.45, 7) is 5.60. The zero-order valence-electron chi connectivity index (χ0n) is 16.0. The molecule has 2 N–H and O–H groups in total. The average Bonchev–Trinajstić information content (AvgIpc) is 3.08. The summed E-state index contributed by atoms with van der Waals surface area (Å²) >= 11 is 0. The van der Waals surface area contributed by atoms with Crippen molar-refractivity contribution >= 4 is 11.7 Å². The van der Waals surface area contributed by atoms with Crippen molar-refractivity contribution in [1.82, 2.24) is 19.7 Å². The molecule has 0 aliphatic carbocycles. The summed E-state index contributed by atoms with van der Waals surface area (Å²) in [7, 11) is 0. The van der Waals surface area contributed by atoms with Gasteiger partial charge < -0.3 is 10.4 Å². The zero-order valence-corrected chi connectivity index (χ0v) is 16.0. The Kier molecular flexibility index (Phi) is 5.56. The van der Waals surface area contributed by atoms with Crippen LogP contribution in [0, 0.1) is 0 Å². The first-order valence-corrected chi connectivity index (χ1v) is 9.27. The molecule has 0 aliphatic heterocycles. The van der Waals surface area contributed by atoms with Gasteiger partial charge in [0.15, 0.2) is 0 Å². The number of nitrogens with zero attached hydrogens (tertiary/aromatic N) is 3. The summed E-state index contributed by atoms with van der Waals surface area (Å²) in [5.74, 6) is 0.491. The number of carbonyl (C=O) groups excluding carboxylic acids is 1. The Morgan fingerprint density at radius 2 is 2.15 bits per heavy atom. The Bertz CT molecular complexity index is 894. The highest BCUT2D eigenvalue weighted by Gasteiger charge is 2.18. The molecule has 1 amide bonds. The van der Waals surface area contributed by atoms with Crippen molar-refractivity contribution in [3.8, 4) is 0 Å². The second-order valence-electron chi connectivity index (χ2n) is 7.44. The maximum atomic E-state index is 12.7. The smallest absolute Gasteiger partial charge is 0.251 e. The first-order chi connectivity index (χ1) is 12.9. The minimum atomic E-state index is -0.720. The maximum absolute atomic E-state index is 12.7. The number of fused-ring (bicyclic) bond motifs is 1. The molecule has 3 aromatic rings. The molecule has 2 heterocycles. The van der Waals surface area contributed by atoms with Crippen molar-refractivity contribution in [2.24, 2.45) is 0 Å². The van der Waals surface area contributed by atoms with Gasteiger partial charge in [0.25, 0.3) is 5.91 Å². The molecule has 0 saturated carbocycles. The quantitative estimate of drug-likeness (QED) is 0.672. The number of aryl methyl sites for hydroxylation is 1. The third-order valence-corrected chi connectivity index (χ3v) is 4.54. The van der Waals surface area contributed by atoms with Gasteiger partial charge in [-0.1, -0.05) is 19.1 Å². The summed E-state index contributed by atoms with van der Waals surface area (Å²) in [5, 5.41) is 13.0. The molecule has 1 atom stereocenters. The van der Waals surface area contributed by atoms with E-state index in [1.807, 2.05) is 48.0 Å². The molecule has 3 rings (SSSR count). The van der Waals surface area contributed by atoms with E-state index in [4.69, 9.17) is 0 Å². The molecular weight excluding hydrogens is 340 g/mol. The van der Waals surface area contributed by atoms with Crippen LogP contribution in [0.25, 0.3) is 5.78 Å². The second kappa shape index (κ2) is 7.88. The lowest BCUT2D eigenvalue weighted by Crippen LogP contribution is -2.28. The standard InChI is InChI=1S/C21H26N4O2/c1-4-17(18-14-25-12-6-11-22-20(25)24-18)23-19(26)16-8-5-7-15(13-16)9-10-21(2,3)27/h5-8,11-14,17,27H,4,9-10H2,1-3H3,(H,23,26). The van der Waals surface area contributed by atoms with Crippen LogP contribution in [0.1, 0.15) is 61.3 Å². The van der Waals surface area contributed by atoms with Crippen LogP contribution in [0.15, 0.2) is 48.9 Å². The van der Waals surface area contributed by atoms with E-state index in [0.717, 1.165) is 24.1 Å². The Balaban J connectivity index is 1.73. The maximum Gasteiger partial charge on any atom is 0.251 e. The van der Waals surface area contributed by atoms with Crippen LogP contribution >= 0.6 is 0 Å². The minimum Gasteiger partial charge on any atom is -0.390 e. The number of aromatic nitrogens is 3. The van der Waals surface area contributed by atoms with Crippen LogP contribution in [0.4, 0.5) is 0 Å². The highest BCUT2D eigenvalue weighted by Crippen LogP contribution is 2.18. The van der Waals surface area contributed by atoms with Gasteiger partial charge in [0.05, 0.1) is 17.3 Å². The van der Waals surface area contributed by atoms with E-state index >= 15 is 0 Å². The lowest BCUT2D eigenvalue weighted by Gasteiger charge is -2.17. The molecule has 6 heteroatoms. The number of aliphatic hydroxyl groups is 1. The number of nitrogens with one attached hydrogen (secondary N) is 1. The normalized spacial score (nSPS) is 12.9. The molecule has 6 nitrogen and oxygen atoms in total. The summed E-state index contributed by atoms with van der Waals surface area (Å²) in [6.07, 6.45) is 7.58. The van der Waals surface area contributed by atoms with Crippen molar-refractivity contribution in [2.75, 3.05) is 0 Å². The number of hydrogen-bond donors (Lipinski definition) is 2. The first kappa shape index (κ1) is 19.0. The third kappa shape index (κ3) is 4.92. The molecule has 27 heavy (non-hydrogen) atoms. The van der Waals surface area contributed by atoms with E-state index < -0.39 is 5.60 Å². The Hall–Kier alpha value is -2.73. The van der Waals surface area contributed by atoms with Gasteiger partial charge in [0.2, 0.25) is 5.78 Å². The van der Waals surface area contributed by atoms with Crippen LogP contribution < -0.4 is 5.32 Å². The minimum absolute atomic E-state index is 0.128. The van der Waals surface area contributed by atoms with Crippen molar-refractivity contribution in [1.29, 1.82) is 0 Å². The number of hydrogen-bond acceptors (Lipinski definition) is 4. The molecule has 142 valence electrons. The van der Waals surface area contributed by atoms with E-state index in [-0.39, 0.29) is 11.9 Å². The fraction of sp³-hybridized carbons (Fsp3) is 0.381. The number of amides is 1. The van der Waals surface area contributed by atoms with E-state index in [2.05, 4.69) is 15.3 Å². The summed E-state index contributed by atoms with van der Waals surface area (Å²) in [6, 6.07) is 9.22. The number of rotatable bonds is 7. The summed E-state index contributed by atoms with van der Waals surface area (Å²) in [4.78, 5) is 21.5. The Morgan fingerprint density at radius 1 is 1.33 bits per heavy atom. The van der Waals surface area contributed by atoms with Crippen LogP contribution in [0.2, 0.25) is 0 Å². The van der Waals surface area contributed by atoms with Crippen LogP contribution in [0.5, 0.6) is 0 Å². The van der Waals surface area contributed by atoms with Gasteiger partial charge in [-0.05, 0) is 56.9 Å². The highest BCUT2D eigenvalue weighted by molar-refractivity contribution is 5.94. The van der Waals surface area contributed by atoms with Crippen LogP contribution in [-0.2, 0) is 6.42 Å². The van der Waals surface area contributed by atoms with Gasteiger partial charge in [0.1, 0.15) is 0 Å². The molecule has 0 radical (unpaired) electrons. The molecule has 0 aliphatic rings. The van der Waals surface area contributed by atoms with Crippen molar-refractivity contribution in [2.45, 2.75) is 51.7 Å². The van der Waals surface area contributed by atoms with Gasteiger partial charge in [-0.3, -0.25) is 9.20 Å². The van der Waals surface area contributed by atoms with E-state index in [1.54, 1.807) is 26.1 Å². The number of imidazole rings is 1. The van der Waals surface area contributed by atoms with E-state index in [9.17, 15) is 9.90 Å². The van der Waals surface area contributed by atoms with Gasteiger partial charge in [-0.2, -0.15) is 0 Å². The van der Waals surface area contributed by atoms with Gasteiger partial charge >= 0.3 is 0 Å². The van der Waals surface area contributed by atoms with Crippen molar-refractivity contribution in [3.05, 3.63) is 65.7 Å². The number of benzene rings is 1. The molecule has 1 unspecified atom stereocenters. The lowest BCUT2D eigenvalue weighted by atomic mass is 9.97. The summed E-state index contributed by atoms with van der Waals surface area (Å²) < 4.78 is 1.85. The van der Waals surface area contributed by atoms with Gasteiger partial charge in [-0.15, -0.1) is 0 Å². The number of carbonyl (C=O) groups is 1. The summed E-state index contributed by atoms with van der Waals surface area (Å²) in [5.41, 5.74) is 1.73. The highest BCUT2D eigenvalue weighted by atomic mass is 16.3. The molecule has 1 aromatic carbocycles. The van der Waals surface area contributed by atoms with E-state index in [1.165, 1.54) is 0 Å². The largest absolute Gasteiger partial charge is 0.390 e. The predicted molar refractivity (Wildman–Crippen MR) is 105 cm³/mol. The Labute approximate surface area is 159 Å². The fourth-order valence-electron chi connectivity index (χ4n) is 2.96. The topological polar surface area (TPSA) is 79.5 Å². The first-order valence-electron chi connectivity index (χ1n) is 9.27. The SMILES string of the molecule is CCC(NC(=O)c1cccc(CCC(C)(C)O)c1)c1cn2cccnc2n1. The van der Waals surface area contributed by atoms with Crippen LogP contribution in [0.3, 0.4) is 0 Å². The molecule has 2 aromatic heterocycles. The molecule has 0 bridgehead atoms. The molecule has 0 saturated heterocycles. The van der Waals surface area contributed by atoms with Crippen LogP contribution in [-0.4, -0.2) is 31.0 Å². The zero-order chi connectivity index (χ0) is 19.4. The monoisotopic (exact) mass is 366 g/mol. The third-order valence-electron chi connectivity index (χ3n) is 4.54. The van der Waals surface area contributed by atoms with Gasteiger partial charge in [0, 0.05) is 24.2 Å². The Morgan fingerprint density at radius 3 is 2.85 bits per heavy atom. The second-order valence-corrected chi connectivity index (χ2v) is 7.44. The van der Waals surface area contributed by atoms with Gasteiger partial charge in [-0.25, -0.2) is 9.97 Å².